The number of pyridine rings is 1. The fourth-order valence-electron chi connectivity index (χ4n) is 3.09. The zero-order valence-corrected chi connectivity index (χ0v) is 12.8. The van der Waals surface area contributed by atoms with E-state index in [-0.39, 0.29) is 0 Å². The number of nitrogens with zero attached hydrogens (tertiary/aromatic N) is 2. The Balaban J connectivity index is 2.31. The highest BCUT2D eigenvalue weighted by molar-refractivity contribution is 5.52. The van der Waals surface area contributed by atoms with Gasteiger partial charge in [0.25, 0.3) is 0 Å². The molecule has 0 radical (unpaired) electrons. The average Bonchev–Trinajstić information content (AvgIpc) is 2.41. The van der Waals surface area contributed by atoms with Crippen molar-refractivity contribution in [2.24, 2.45) is 5.92 Å². The zero-order valence-electron chi connectivity index (χ0n) is 12.8. The highest BCUT2D eigenvalue weighted by Crippen LogP contribution is 2.28. The lowest BCUT2D eigenvalue weighted by atomic mass is 9.95. The van der Waals surface area contributed by atoms with Crippen molar-refractivity contribution in [1.29, 1.82) is 0 Å². The number of hydrogen-bond donors (Lipinski definition) is 1. The first-order valence-electron chi connectivity index (χ1n) is 7.52. The molecule has 0 saturated carbocycles. The van der Waals surface area contributed by atoms with E-state index in [0.717, 1.165) is 24.7 Å². The minimum absolute atomic E-state index is 0.832. The van der Waals surface area contributed by atoms with E-state index in [2.05, 4.69) is 37.1 Å². The molecule has 0 aromatic carbocycles. The maximum atomic E-state index is 4.83. The molecule has 1 saturated heterocycles. The van der Waals surface area contributed by atoms with Crippen LogP contribution < -0.4 is 10.2 Å². The Kier molecular flexibility index (Phi) is 4.81. The van der Waals surface area contributed by atoms with Gasteiger partial charge < -0.3 is 10.2 Å². The van der Waals surface area contributed by atoms with Crippen molar-refractivity contribution in [3.05, 3.63) is 22.9 Å². The third-order valence-corrected chi connectivity index (χ3v) is 4.20. The van der Waals surface area contributed by atoms with Crippen molar-refractivity contribution in [3.63, 3.8) is 0 Å². The molecule has 1 fully saturated rings. The molecule has 106 valence electrons. The van der Waals surface area contributed by atoms with Gasteiger partial charge in [-0.1, -0.05) is 13.3 Å². The van der Waals surface area contributed by atoms with Crippen molar-refractivity contribution in [2.75, 3.05) is 25.0 Å². The summed E-state index contributed by atoms with van der Waals surface area (Å²) in [6.07, 6.45) is 3.95. The highest BCUT2D eigenvalue weighted by Gasteiger charge is 2.22. The quantitative estimate of drug-likeness (QED) is 0.903. The first-order valence-corrected chi connectivity index (χ1v) is 7.52. The number of nitrogens with one attached hydrogen (secondary N) is 1. The van der Waals surface area contributed by atoms with Crippen LogP contribution in [0, 0.1) is 19.8 Å². The third kappa shape index (κ3) is 3.27. The molecule has 1 unspecified atom stereocenters. The van der Waals surface area contributed by atoms with Crippen LogP contribution in [0.15, 0.2) is 6.07 Å². The monoisotopic (exact) mass is 261 g/mol. The van der Waals surface area contributed by atoms with Crippen LogP contribution in [0.4, 0.5) is 5.82 Å². The van der Waals surface area contributed by atoms with Gasteiger partial charge in [0, 0.05) is 30.9 Å². The van der Waals surface area contributed by atoms with Crippen LogP contribution in [0.2, 0.25) is 0 Å². The average molecular weight is 261 g/mol. The second-order valence-electron chi connectivity index (χ2n) is 5.78. The lowest BCUT2D eigenvalue weighted by Gasteiger charge is -2.35. The van der Waals surface area contributed by atoms with Crippen LogP contribution in [0.25, 0.3) is 0 Å². The Morgan fingerprint density at radius 1 is 1.42 bits per heavy atom. The van der Waals surface area contributed by atoms with E-state index in [4.69, 9.17) is 4.98 Å². The van der Waals surface area contributed by atoms with E-state index in [0.29, 0.717) is 0 Å². The van der Waals surface area contributed by atoms with Gasteiger partial charge in [0.15, 0.2) is 0 Å². The maximum Gasteiger partial charge on any atom is 0.133 e. The van der Waals surface area contributed by atoms with Gasteiger partial charge in [-0.25, -0.2) is 4.98 Å². The Labute approximate surface area is 117 Å². The minimum atomic E-state index is 0.832. The number of piperidine rings is 1. The predicted molar refractivity (Wildman–Crippen MR) is 81.7 cm³/mol. The molecule has 2 heterocycles. The molecule has 0 amide bonds. The highest BCUT2D eigenvalue weighted by atomic mass is 15.2. The molecule has 1 N–H and O–H groups in total. The van der Waals surface area contributed by atoms with Gasteiger partial charge in [0.05, 0.1) is 0 Å². The molecule has 0 bridgehead atoms. The van der Waals surface area contributed by atoms with Crippen molar-refractivity contribution >= 4 is 5.82 Å². The largest absolute Gasteiger partial charge is 0.356 e. The fourth-order valence-corrected chi connectivity index (χ4v) is 3.09. The first kappa shape index (κ1) is 14.3. The summed E-state index contributed by atoms with van der Waals surface area (Å²) >= 11 is 0. The summed E-state index contributed by atoms with van der Waals surface area (Å²) in [5.74, 6) is 2.05. The fraction of sp³-hybridized carbons (Fsp3) is 0.688. The van der Waals surface area contributed by atoms with E-state index in [1.807, 2.05) is 7.05 Å². The topological polar surface area (TPSA) is 28.2 Å². The van der Waals surface area contributed by atoms with Gasteiger partial charge in [-0.2, -0.15) is 0 Å². The molecule has 1 aromatic rings. The summed E-state index contributed by atoms with van der Waals surface area (Å²) in [5, 5.41) is 3.28. The summed E-state index contributed by atoms with van der Waals surface area (Å²) in [7, 11) is 2.01. The maximum absolute atomic E-state index is 4.83. The molecule has 1 aliphatic rings. The molecule has 3 nitrogen and oxygen atoms in total. The van der Waals surface area contributed by atoms with E-state index < -0.39 is 0 Å². The van der Waals surface area contributed by atoms with E-state index in [1.54, 1.807) is 0 Å². The van der Waals surface area contributed by atoms with Crippen molar-refractivity contribution in [1.82, 2.24) is 10.3 Å². The molecule has 1 aromatic heterocycles. The second kappa shape index (κ2) is 6.38. The standard InChI is InChI=1S/C16H27N3/c1-5-14-7-6-8-19(11-14)16-15(10-17-4)12(2)9-13(3)18-16/h9,14,17H,5-8,10-11H2,1-4H3. The van der Waals surface area contributed by atoms with Crippen molar-refractivity contribution in [3.8, 4) is 0 Å². The van der Waals surface area contributed by atoms with Gasteiger partial charge in [-0.15, -0.1) is 0 Å². The van der Waals surface area contributed by atoms with Crippen LogP contribution in [0.1, 0.15) is 43.0 Å². The number of aryl methyl sites for hydroxylation is 2. The lowest BCUT2D eigenvalue weighted by molar-refractivity contribution is 0.402. The van der Waals surface area contributed by atoms with Crippen LogP contribution >= 0.6 is 0 Å². The molecule has 1 aliphatic heterocycles. The van der Waals surface area contributed by atoms with Crippen LogP contribution in [-0.4, -0.2) is 25.1 Å². The Hall–Kier alpha value is -1.09. The third-order valence-electron chi connectivity index (χ3n) is 4.20. The second-order valence-corrected chi connectivity index (χ2v) is 5.78. The SMILES string of the molecule is CCC1CCCN(c2nc(C)cc(C)c2CNC)C1. The summed E-state index contributed by atoms with van der Waals surface area (Å²) in [6, 6.07) is 2.19. The normalized spacial score (nSPS) is 19.8. The molecule has 19 heavy (non-hydrogen) atoms. The predicted octanol–water partition coefficient (Wildman–Crippen LogP) is 3.04. The Morgan fingerprint density at radius 2 is 2.21 bits per heavy atom. The summed E-state index contributed by atoms with van der Waals surface area (Å²) in [4.78, 5) is 7.34. The van der Waals surface area contributed by atoms with Crippen molar-refractivity contribution < 1.29 is 0 Å². The Bertz CT molecular complexity index is 428. The van der Waals surface area contributed by atoms with Gasteiger partial charge in [-0.05, 0) is 51.3 Å². The van der Waals surface area contributed by atoms with Crippen molar-refractivity contribution in [2.45, 2.75) is 46.6 Å². The lowest BCUT2D eigenvalue weighted by Crippen LogP contribution is -2.37. The summed E-state index contributed by atoms with van der Waals surface area (Å²) < 4.78 is 0. The van der Waals surface area contributed by atoms with Crippen LogP contribution in [0.3, 0.4) is 0 Å². The smallest absolute Gasteiger partial charge is 0.133 e. The number of hydrogen-bond acceptors (Lipinski definition) is 3. The first-order chi connectivity index (χ1) is 9.15. The van der Waals surface area contributed by atoms with E-state index in [9.17, 15) is 0 Å². The molecule has 0 spiro atoms. The number of rotatable bonds is 4. The molecular formula is C16H27N3. The molecule has 0 aliphatic carbocycles. The molecule has 1 atom stereocenters. The minimum Gasteiger partial charge on any atom is -0.356 e. The van der Waals surface area contributed by atoms with Crippen LogP contribution in [0.5, 0.6) is 0 Å². The number of aromatic nitrogens is 1. The number of anilines is 1. The zero-order chi connectivity index (χ0) is 13.8. The summed E-state index contributed by atoms with van der Waals surface area (Å²) in [6.45, 7) is 9.83. The van der Waals surface area contributed by atoms with E-state index in [1.165, 1.54) is 42.8 Å². The van der Waals surface area contributed by atoms with Gasteiger partial charge >= 0.3 is 0 Å². The molecular weight excluding hydrogens is 234 g/mol. The van der Waals surface area contributed by atoms with Gasteiger partial charge in [0.1, 0.15) is 5.82 Å². The van der Waals surface area contributed by atoms with Gasteiger partial charge in [0.2, 0.25) is 0 Å². The van der Waals surface area contributed by atoms with Gasteiger partial charge in [-0.3, -0.25) is 0 Å². The summed E-state index contributed by atoms with van der Waals surface area (Å²) in [5.41, 5.74) is 3.85. The van der Waals surface area contributed by atoms with E-state index >= 15 is 0 Å². The molecule has 3 heteroatoms. The molecule has 2 rings (SSSR count). The Morgan fingerprint density at radius 3 is 2.89 bits per heavy atom. The van der Waals surface area contributed by atoms with Crippen LogP contribution in [-0.2, 0) is 6.54 Å².